The molecule has 0 spiro atoms. The molecule has 1 saturated heterocycles. The van der Waals surface area contributed by atoms with Crippen LogP contribution in [0.5, 0.6) is 0 Å². The molecule has 134 valence electrons. The number of amides is 1. The highest BCUT2D eigenvalue weighted by atomic mass is 32.1. The molecule has 1 amide bonds. The van der Waals surface area contributed by atoms with Crippen LogP contribution in [-0.2, 0) is 17.4 Å². The molecule has 3 nitrogen and oxygen atoms in total. The van der Waals surface area contributed by atoms with E-state index in [1.165, 1.54) is 0 Å². The number of hydrogen-bond acceptors (Lipinski definition) is 3. The maximum absolute atomic E-state index is 12.7. The number of aryl methyl sites for hydroxylation is 1. The van der Waals surface area contributed by atoms with Crippen LogP contribution in [-0.4, -0.2) is 28.9 Å². The van der Waals surface area contributed by atoms with Gasteiger partial charge in [-0.1, -0.05) is 24.3 Å². The van der Waals surface area contributed by atoms with Crippen LogP contribution in [0.25, 0.3) is 0 Å². The number of thiazole rings is 1. The molecule has 0 saturated carbocycles. The molecule has 2 heterocycles. The summed E-state index contributed by atoms with van der Waals surface area (Å²) in [6.07, 6.45) is -2.71. The van der Waals surface area contributed by atoms with E-state index < -0.39 is 11.9 Å². The molecule has 25 heavy (non-hydrogen) atoms. The fraction of sp³-hybridized carbons (Fsp3) is 0.444. The molecule has 0 N–H and O–H groups in total. The average Bonchev–Trinajstić information content (AvgIpc) is 3.07. The summed E-state index contributed by atoms with van der Waals surface area (Å²) in [5.74, 6) is 0.0754. The number of likely N-dealkylation sites (tertiary alicyclic amines) is 1. The number of aromatic nitrogens is 1. The molecule has 1 aromatic heterocycles. The number of halogens is 3. The van der Waals surface area contributed by atoms with E-state index in [4.69, 9.17) is 0 Å². The van der Waals surface area contributed by atoms with Crippen molar-refractivity contribution in [3.05, 3.63) is 51.5 Å². The molecular formula is C18H19F3N2OS. The molecular weight excluding hydrogens is 349 g/mol. The third-order valence-corrected chi connectivity index (χ3v) is 5.62. The smallest absolute Gasteiger partial charge is 0.342 e. The van der Waals surface area contributed by atoms with E-state index in [1.54, 1.807) is 4.90 Å². The minimum atomic E-state index is -4.39. The highest BCUT2D eigenvalue weighted by Gasteiger charge is 2.35. The lowest BCUT2D eigenvalue weighted by Crippen LogP contribution is -2.38. The maximum atomic E-state index is 12.7. The van der Waals surface area contributed by atoms with Crippen LogP contribution in [0.3, 0.4) is 0 Å². The zero-order chi connectivity index (χ0) is 18.0. The second-order valence-corrected chi connectivity index (χ2v) is 7.22. The van der Waals surface area contributed by atoms with E-state index in [0.29, 0.717) is 37.4 Å². The number of rotatable bonds is 3. The number of alkyl halides is 3. The standard InChI is InChI=1S/C18H19F3N2OS/c1-12-4-2-3-5-14(12)10-16(24)23-8-6-13(7-9-23)17-22-15(11-25-17)18(19,20)21/h2-5,11,13H,6-10H2,1H3. The van der Waals surface area contributed by atoms with Crippen molar-refractivity contribution in [1.82, 2.24) is 9.88 Å². The lowest BCUT2D eigenvalue weighted by molar-refractivity contribution is -0.140. The van der Waals surface area contributed by atoms with Gasteiger partial charge in [0.15, 0.2) is 5.69 Å². The third kappa shape index (κ3) is 4.21. The zero-order valence-electron chi connectivity index (χ0n) is 13.8. The van der Waals surface area contributed by atoms with Gasteiger partial charge in [-0.25, -0.2) is 4.98 Å². The number of carbonyl (C=O) groups is 1. The first-order valence-electron chi connectivity index (χ1n) is 8.19. The molecule has 1 aliphatic heterocycles. The number of carbonyl (C=O) groups excluding carboxylic acids is 1. The Morgan fingerprint density at radius 1 is 1.28 bits per heavy atom. The Hall–Kier alpha value is -1.89. The van der Waals surface area contributed by atoms with Crippen LogP contribution in [0.1, 0.15) is 40.6 Å². The second-order valence-electron chi connectivity index (χ2n) is 6.33. The van der Waals surface area contributed by atoms with Crippen LogP contribution >= 0.6 is 11.3 Å². The van der Waals surface area contributed by atoms with Crippen LogP contribution in [0.15, 0.2) is 29.6 Å². The molecule has 0 aliphatic carbocycles. The summed E-state index contributed by atoms with van der Waals surface area (Å²) in [5.41, 5.74) is 1.29. The van der Waals surface area contributed by atoms with E-state index >= 15 is 0 Å². The topological polar surface area (TPSA) is 33.2 Å². The van der Waals surface area contributed by atoms with E-state index in [0.717, 1.165) is 27.8 Å². The first-order chi connectivity index (χ1) is 11.8. The molecule has 0 radical (unpaired) electrons. The van der Waals surface area contributed by atoms with Crippen molar-refractivity contribution in [3.8, 4) is 0 Å². The number of piperidine rings is 1. The van der Waals surface area contributed by atoms with E-state index in [2.05, 4.69) is 4.98 Å². The van der Waals surface area contributed by atoms with Crippen molar-refractivity contribution >= 4 is 17.2 Å². The van der Waals surface area contributed by atoms with Crippen molar-refractivity contribution in [1.29, 1.82) is 0 Å². The van der Waals surface area contributed by atoms with E-state index in [-0.39, 0.29) is 11.8 Å². The third-order valence-electron chi connectivity index (χ3n) is 4.61. The predicted molar refractivity (Wildman–Crippen MR) is 90.6 cm³/mol. The Bertz CT molecular complexity index is 749. The maximum Gasteiger partial charge on any atom is 0.434 e. The summed E-state index contributed by atoms with van der Waals surface area (Å²) in [7, 11) is 0. The molecule has 0 bridgehead atoms. The van der Waals surface area contributed by atoms with Gasteiger partial charge in [0.05, 0.1) is 11.4 Å². The van der Waals surface area contributed by atoms with Gasteiger partial charge in [0.1, 0.15) is 0 Å². The minimum absolute atomic E-state index is 0.00334. The van der Waals surface area contributed by atoms with Crippen LogP contribution < -0.4 is 0 Å². The van der Waals surface area contributed by atoms with Gasteiger partial charge in [-0.3, -0.25) is 4.79 Å². The predicted octanol–water partition coefficient (Wildman–Crippen LogP) is 4.42. The molecule has 0 atom stereocenters. The lowest BCUT2D eigenvalue weighted by atomic mass is 9.96. The molecule has 1 fully saturated rings. The first kappa shape index (κ1) is 17.9. The Morgan fingerprint density at radius 2 is 1.96 bits per heavy atom. The summed E-state index contributed by atoms with van der Waals surface area (Å²) < 4.78 is 38.0. The minimum Gasteiger partial charge on any atom is -0.342 e. The van der Waals surface area contributed by atoms with Crippen molar-refractivity contribution < 1.29 is 18.0 Å². The van der Waals surface area contributed by atoms with Crippen molar-refractivity contribution in [3.63, 3.8) is 0 Å². The molecule has 1 aromatic carbocycles. The Kier molecular flexibility index (Phi) is 5.13. The second kappa shape index (κ2) is 7.15. The van der Waals surface area contributed by atoms with Crippen molar-refractivity contribution in [2.45, 2.75) is 38.3 Å². The summed E-state index contributed by atoms with van der Waals surface area (Å²) >= 11 is 1.06. The molecule has 2 aromatic rings. The number of nitrogens with zero attached hydrogens (tertiary/aromatic N) is 2. The Labute approximate surface area is 148 Å². The Balaban J connectivity index is 1.57. The van der Waals surface area contributed by atoms with E-state index in [1.807, 2.05) is 31.2 Å². The molecule has 1 aliphatic rings. The van der Waals surface area contributed by atoms with Crippen molar-refractivity contribution in [2.24, 2.45) is 0 Å². The molecule has 3 rings (SSSR count). The van der Waals surface area contributed by atoms with Gasteiger partial charge in [0, 0.05) is 24.4 Å². The van der Waals surface area contributed by atoms with Gasteiger partial charge in [-0.05, 0) is 30.9 Å². The summed E-state index contributed by atoms with van der Waals surface area (Å²) in [4.78, 5) is 18.0. The quantitative estimate of drug-likeness (QED) is 0.804. The van der Waals surface area contributed by atoms with E-state index in [9.17, 15) is 18.0 Å². The monoisotopic (exact) mass is 368 g/mol. The molecule has 7 heteroatoms. The molecule has 0 unspecified atom stereocenters. The zero-order valence-corrected chi connectivity index (χ0v) is 14.7. The lowest BCUT2D eigenvalue weighted by Gasteiger charge is -2.31. The highest BCUT2D eigenvalue weighted by Crippen LogP contribution is 2.35. The van der Waals surface area contributed by atoms with Crippen LogP contribution in [0.2, 0.25) is 0 Å². The van der Waals surface area contributed by atoms with Crippen molar-refractivity contribution in [2.75, 3.05) is 13.1 Å². The van der Waals surface area contributed by atoms with Gasteiger partial charge < -0.3 is 4.90 Å². The van der Waals surface area contributed by atoms with Crippen LogP contribution in [0, 0.1) is 6.92 Å². The van der Waals surface area contributed by atoms with Gasteiger partial charge in [-0.2, -0.15) is 13.2 Å². The van der Waals surface area contributed by atoms with Gasteiger partial charge in [-0.15, -0.1) is 11.3 Å². The van der Waals surface area contributed by atoms with Crippen LogP contribution in [0.4, 0.5) is 13.2 Å². The Morgan fingerprint density at radius 3 is 2.56 bits per heavy atom. The van der Waals surface area contributed by atoms with Gasteiger partial charge >= 0.3 is 6.18 Å². The average molecular weight is 368 g/mol. The fourth-order valence-corrected chi connectivity index (χ4v) is 4.06. The SMILES string of the molecule is Cc1ccccc1CC(=O)N1CCC(c2nc(C(F)(F)F)cs2)CC1. The largest absolute Gasteiger partial charge is 0.434 e. The summed E-state index contributed by atoms with van der Waals surface area (Å²) in [6.45, 7) is 3.11. The highest BCUT2D eigenvalue weighted by molar-refractivity contribution is 7.09. The number of benzene rings is 1. The normalized spacial score (nSPS) is 16.2. The summed E-state index contributed by atoms with van der Waals surface area (Å²) in [6, 6.07) is 7.80. The van der Waals surface area contributed by atoms with Gasteiger partial charge in [0.2, 0.25) is 5.91 Å². The van der Waals surface area contributed by atoms with Gasteiger partial charge in [0.25, 0.3) is 0 Å². The number of hydrogen-bond donors (Lipinski definition) is 0. The summed E-state index contributed by atoms with van der Waals surface area (Å²) in [5, 5.41) is 1.60. The fourth-order valence-electron chi connectivity index (χ4n) is 3.06. The first-order valence-corrected chi connectivity index (χ1v) is 9.07.